The summed E-state index contributed by atoms with van der Waals surface area (Å²) in [4.78, 5) is 33.7. The smallest absolute Gasteiger partial charge is 0.259 e. The molecule has 5 nitrogen and oxygen atoms in total. The molecule has 2 heterocycles. The van der Waals surface area contributed by atoms with E-state index >= 15 is 0 Å². The Hall–Kier alpha value is -2.19. The van der Waals surface area contributed by atoms with Crippen LogP contribution in [0.4, 0.5) is 10.1 Å². The van der Waals surface area contributed by atoms with Gasteiger partial charge < -0.3 is 10.3 Å². The molecule has 2 aromatic heterocycles. The van der Waals surface area contributed by atoms with Crippen LogP contribution in [0.3, 0.4) is 0 Å². The van der Waals surface area contributed by atoms with Crippen molar-refractivity contribution in [2.45, 2.75) is 38.7 Å². The summed E-state index contributed by atoms with van der Waals surface area (Å²) in [6.45, 7) is 7.45. The van der Waals surface area contributed by atoms with Gasteiger partial charge in [-0.1, -0.05) is 6.07 Å². The van der Waals surface area contributed by atoms with E-state index in [9.17, 15) is 14.0 Å². The molecule has 1 amide bonds. The van der Waals surface area contributed by atoms with Gasteiger partial charge in [0, 0.05) is 4.88 Å². The molecule has 0 saturated carbocycles. The highest BCUT2D eigenvalue weighted by Crippen LogP contribution is 2.26. The molecule has 142 valence electrons. The summed E-state index contributed by atoms with van der Waals surface area (Å²) in [6.07, 6.45) is 0. The second-order valence-electron chi connectivity index (χ2n) is 6.40. The number of hydrogen-bond donors (Lipinski definition) is 2. The molecule has 1 atom stereocenters. The summed E-state index contributed by atoms with van der Waals surface area (Å²) in [5.41, 5.74) is 1.83. The van der Waals surface area contributed by atoms with Crippen LogP contribution in [0, 0.1) is 26.6 Å². The molecule has 3 rings (SSSR count). The molecule has 0 aliphatic heterocycles. The van der Waals surface area contributed by atoms with Crippen LogP contribution in [0.15, 0.2) is 23.0 Å². The second kappa shape index (κ2) is 7.82. The number of fused-ring (bicyclic) bond motifs is 1. The molecule has 3 aromatic rings. The highest BCUT2D eigenvalue weighted by Gasteiger charge is 2.17. The third-order valence-electron chi connectivity index (χ3n) is 4.31. The first-order valence-electron chi connectivity index (χ1n) is 8.43. The Morgan fingerprint density at radius 2 is 2.11 bits per heavy atom. The first-order chi connectivity index (χ1) is 12.8. The lowest BCUT2D eigenvalue weighted by molar-refractivity contribution is -0.115. The summed E-state index contributed by atoms with van der Waals surface area (Å²) in [5.74, 6) is 0.147. The number of benzene rings is 1. The molecular formula is C19H20FN3O2S2. The number of nitrogens with one attached hydrogen (secondary N) is 2. The van der Waals surface area contributed by atoms with Crippen molar-refractivity contribution in [2.75, 3.05) is 5.32 Å². The Morgan fingerprint density at radius 1 is 1.37 bits per heavy atom. The van der Waals surface area contributed by atoms with Gasteiger partial charge in [0.1, 0.15) is 16.5 Å². The van der Waals surface area contributed by atoms with Crippen LogP contribution in [-0.2, 0) is 10.5 Å². The van der Waals surface area contributed by atoms with E-state index in [-0.39, 0.29) is 17.2 Å². The first-order valence-corrected chi connectivity index (χ1v) is 10.3. The van der Waals surface area contributed by atoms with E-state index in [2.05, 4.69) is 15.3 Å². The fourth-order valence-corrected chi connectivity index (χ4v) is 4.42. The van der Waals surface area contributed by atoms with Crippen molar-refractivity contribution in [3.05, 3.63) is 56.2 Å². The number of aromatic nitrogens is 2. The minimum absolute atomic E-state index is 0.156. The number of amides is 1. The first kappa shape index (κ1) is 19.6. The van der Waals surface area contributed by atoms with Crippen LogP contribution in [0.1, 0.15) is 28.8 Å². The minimum Gasteiger partial charge on any atom is -0.323 e. The summed E-state index contributed by atoms with van der Waals surface area (Å²) in [5, 5.41) is 2.81. The largest absolute Gasteiger partial charge is 0.323 e. The number of carbonyl (C=O) groups is 1. The Bertz CT molecular complexity index is 1070. The molecular weight excluding hydrogens is 385 g/mol. The Kier molecular flexibility index (Phi) is 5.67. The molecule has 27 heavy (non-hydrogen) atoms. The standard InChI is InChI=1S/C19H20FN3O2S2/c1-9-5-6-13(20)14(7-9)21-17(24)12(4)26-8-15-22-18(25)16-10(2)11(3)27-19(16)23-15/h5-7,12H,8H2,1-4H3,(H,21,24)(H,22,23,25). The topological polar surface area (TPSA) is 74.8 Å². The van der Waals surface area contributed by atoms with Crippen molar-refractivity contribution in [2.24, 2.45) is 0 Å². The van der Waals surface area contributed by atoms with E-state index < -0.39 is 11.1 Å². The van der Waals surface area contributed by atoms with Crippen molar-refractivity contribution < 1.29 is 9.18 Å². The molecule has 0 aliphatic rings. The summed E-state index contributed by atoms with van der Waals surface area (Å²) in [6, 6.07) is 4.58. The molecule has 0 fully saturated rings. The maximum Gasteiger partial charge on any atom is 0.259 e. The molecule has 2 N–H and O–H groups in total. The summed E-state index contributed by atoms with van der Waals surface area (Å²) < 4.78 is 13.8. The SMILES string of the molecule is Cc1ccc(F)c(NC(=O)C(C)SCc2nc3sc(C)c(C)c3c(=O)[nH]2)c1. The van der Waals surface area contributed by atoms with E-state index in [1.807, 2.05) is 20.8 Å². The van der Waals surface area contributed by atoms with E-state index in [1.165, 1.54) is 29.2 Å². The van der Waals surface area contributed by atoms with E-state index in [0.29, 0.717) is 21.8 Å². The van der Waals surface area contributed by atoms with Crippen LogP contribution in [0.25, 0.3) is 10.2 Å². The zero-order chi connectivity index (χ0) is 19.7. The zero-order valence-corrected chi connectivity index (χ0v) is 17.1. The van der Waals surface area contributed by atoms with Gasteiger partial charge in [-0.15, -0.1) is 23.1 Å². The minimum atomic E-state index is -0.467. The maximum absolute atomic E-state index is 13.8. The number of aromatic amines is 1. The van der Waals surface area contributed by atoms with Crippen molar-refractivity contribution in [3.63, 3.8) is 0 Å². The number of aryl methyl sites for hydroxylation is 3. The van der Waals surface area contributed by atoms with Gasteiger partial charge >= 0.3 is 0 Å². The van der Waals surface area contributed by atoms with Gasteiger partial charge in [-0.2, -0.15) is 0 Å². The Labute approximate surface area is 164 Å². The van der Waals surface area contributed by atoms with E-state index in [4.69, 9.17) is 0 Å². The van der Waals surface area contributed by atoms with E-state index in [1.54, 1.807) is 19.1 Å². The predicted octanol–water partition coefficient (Wildman–Crippen LogP) is 4.31. The quantitative estimate of drug-likeness (QED) is 0.663. The van der Waals surface area contributed by atoms with Crippen LogP contribution in [0.2, 0.25) is 0 Å². The van der Waals surface area contributed by atoms with Crippen molar-refractivity contribution >= 4 is 44.9 Å². The number of nitrogens with zero attached hydrogens (tertiary/aromatic N) is 1. The van der Waals surface area contributed by atoms with Crippen LogP contribution >= 0.6 is 23.1 Å². The van der Waals surface area contributed by atoms with Crippen molar-refractivity contribution in [3.8, 4) is 0 Å². The normalized spacial score (nSPS) is 12.3. The molecule has 8 heteroatoms. The van der Waals surface area contributed by atoms with E-state index in [0.717, 1.165) is 16.0 Å². The monoisotopic (exact) mass is 405 g/mol. The lowest BCUT2D eigenvalue weighted by Gasteiger charge is -2.12. The lowest BCUT2D eigenvalue weighted by Crippen LogP contribution is -2.23. The molecule has 1 unspecified atom stereocenters. The molecule has 0 radical (unpaired) electrons. The molecule has 0 bridgehead atoms. The lowest BCUT2D eigenvalue weighted by atomic mass is 10.2. The maximum atomic E-state index is 13.8. The Balaban J connectivity index is 1.69. The van der Waals surface area contributed by atoms with Crippen LogP contribution < -0.4 is 10.9 Å². The number of rotatable bonds is 5. The number of anilines is 1. The van der Waals surface area contributed by atoms with Gasteiger partial charge in [0.15, 0.2) is 0 Å². The van der Waals surface area contributed by atoms with Gasteiger partial charge in [0.2, 0.25) is 5.91 Å². The molecule has 0 saturated heterocycles. The highest BCUT2D eigenvalue weighted by molar-refractivity contribution is 7.99. The number of carbonyl (C=O) groups excluding carboxylic acids is 1. The second-order valence-corrected chi connectivity index (χ2v) is 8.93. The highest BCUT2D eigenvalue weighted by atomic mass is 32.2. The predicted molar refractivity (Wildman–Crippen MR) is 110 cm³/mol. The molecule has 0 aliphatic carbocycles. The van der Waals surface area contributed by atoms with Crippen molar-refractivity contribution in [1.29, 1.82) is 0 Å². The van der Waals surface area contributed by atoms with Gasteiger partial charge in [0.05, 0.1) is 22.1 Å². The fourth-order valence-electron chi connectivity index (χ4n) is 2.62. The summed E-state index contributed by atoms with van der Waals surface area (Å²) >= 11 is 2.82. The zero-order valence-electron chi connectivity index (χ0n) is 15.5. The third kappa shape index (κ3) is 4.22. The average molecular weight is 406 g/mol. The van der Waals surface area contributed by atoms with Crippen molar-refractivity contribution in [1.82, 2.24) is 9.97 Å². The number of halogens is 1. The van der Waals surface area contributed by atoms with Crippen LogP contribution in [0.5, 0.6) is 0 Å². The number of hydrogen-bond acceptors (Lipinski definition) is 5. The molecule has 1 aromatic carbocycles. The van der Waals surface area contributed by atoms with Crippen LogP contribution in [-0.4, -0.2) is 21.1 Å². The average Bonchev–Trinajstić information content (AvgIpc) is 2.90. The fraction of sp³-hybridized carbons (Fsp3) is 0.316. The van der Waals surface area contributed by atoms with Gasteiger partial charge in [0.25, 0.3) is 5.56 Å². The van der Waals surface area contributed by atoms with Gasteiger partial charge in [-0.05, 0) is 51.0 Å². The number of thiophene rings is 1. The summed E-state index contributed by atoms with van der Waals surface area (Å²) in [7, 11) is 0. The van der Waals surface area contributed by atoms with Gasteiger partial charge in [-0.3, -0.25) is 9.59 Å². The Morgan fingerprint density at radius 3 is 2.85 bits per heavy atom. The van der Waals surface area contributed by atoms with Gasteiger partial charge in [-0.25, -0.2) is 9.37 Å². The molecule has 0 spiro atoms. The third-order valence-corrected chi connectivity index (χ3v) is 6.56. The number of thioether (sulfide) groups is 1. The number of H-pyrrole nitrogens is 1.